The fourth-order valence-corrected chi connectivity index (χ4v) is 3.56. The molecule has 5 nitrogen and oxygen atoms in total. The number of hydrogen-bond acceptors (Lipinski definition) is 4. The largest absolute Gasteiger partial charge is 0.444 e. The lowest BCUT2D eigenvalue weighted by Gasteiger charge is -2.46. The van der Waals surface area contributed by atoms with Crippen LogP contribution in [0.25, 0.3) is 0 Å². The minimum Gasteiger partial charge on any atom is -0.444 e. The molecule has 0 radical (unpaired) electrons. The zero-order valence-electron chi connectivity index (χ0n) is 14.6. The maximum Gasteiger partial charge on any atom is 0.410 e. The predicted octanol–water partition coefficient (Wildman–Crippen LogP) is 2.45. The highest BCUT2D eigenvalue weighted by atomic mass is 16.6. The SMILES string of the molecule is CC(C)(C)OC(=O)N1CCC2(CCN(CCCN)CC2)CC1. The van der Waals surface area contributed by atoms with Gasteiger partial charge in [-0.3, -0.25) is 0 Å². The summed E-state index contributed by atoms with van der Waals surface area (Å²) in [5.41, 5.74) is 5.65. The van der Waals surface area contributed by atoms with E-state index in [-0.39, 0.29) is 6.09 Å². The number of likely N-dealkylation sites (tertiary alicyclic amines) is 2. The van der Waals surface area contributed by atoms with Crippen molar-refractivity contribution in [2.24, 2.45) is 11.1 Å². The van der Waals surface area contributed by atoms with Crippen LogP contribution < -0.4 is 5.73 Å². The molecule has 2 N–H and O–H groups in total. The van der Waals surface area contributed by atoms with Gasteiger partial charge in [0, 0.05) is 13.1 Å². The van der Waals surface area contributed by atoms with Crippen molar-refractivity contribution in [2.75, 3.05) is 39.3 Å². The molecule has 1 amide bonds. The number of amides is 1. The Kier molecular flexibility index (Phi) is 5.72. The van der Waals surface area contributed by atoms with E-state index in [9.17, 15) is 4.79 Å². The molecule has 0 bridgehead atoms. The van der Waals surface area contributed by atoms with Crippen LogP contribution in [0.3, 0.4) is 0 Å². The van der Waals surface area contributed by atoms with Crippen LogP contribution in [0, 0.1) is 5.41 Å². The molecular weight excluding hydrogens is 278 g/mol. The van der Waals surface area contributed by atoms with Gasteiger partial charge in [0.1, 0.15) is 5.60 Å². The Morgan fingerprint density at radius 3 is 2.14 bits per heavy atom. The highest BCUT2D eigenvalue weighted by Gasteiger charge is 2.39. The molecule has 2 heterocycles. The second-order valence-corrected chi connectivity index (χ2v) is 7.95. The van der Waals surface area contributed by atoms with Crippen LogP contribution in [0.2, 0.25) is 0 Å². The van der Waals surface area contributed by atoms with Crippen LogP contribution in [0.4, 0.5) is 4.79 Å². The number of carbonyl (C=O) groups excluding carboxylic acids is 1. The van der Waals surface area contributed by atoms with E-state index < -0.39 is 5.60 Å². The highest BCUT2D eigenvalue weighted by Crippen LogP contribution is 2.41. The number of carbonyl (C=O) groups is 1. The average molecular weight is 311 g/mol. The quantitative estimate of drug-likeness (QED) is 0.870. The molecule has 22 heavy (non-hydrogen) atoms. The van der Waals surface area contributed by atoms with Crippen molar-refractivity contribution in [3.05, 3.63) is 0 Å². The first-order chi connectivity index (χ1) is 10.3. The summed E-state index contributed by atoms with van der Waals surface area (Å²) in [5.74, 6) is 0. The fourth-order valence-electron chi connectivity index (χ4n) is 3.56. The van der Waals surface area contributed by atoms with E-state index in [4.69, 9.17) is 10.5 Å². The summed E-state index contributed by atoms with van der Waals surface area (Å²) in [6, 6.07) is 0. The van der Waals surface area contributed by atoms with Gasteiger partial charge in [-0.15, -0.1) is 0 Å². The third-order valence-corrected chi connectivity index (χ3v) is 5.07. The van der Waals surface area contributed by atoms with Crippen LogP contribution in [0.15, 0.2) is 0 Å². The van der Waals surface area contributed by atoms with Gasteiger partial charge in [-0.1, -0.05) is 0 Å². The lowest BCUT2D eigenvalue weighted by atomic mass is 9.71. The normalized spacial score (nSPS) is 22.8. The standard InChI is InChI=1S/C17H33N3O2/c1-16(2,3)22-15(21)20-13-7-17(8-14-20)5-11-19(12-6-17)10-4-9-18/h4-14,18H2,1-3H3. The molecule has 0 aromatic heterocycles. The Balaban J connectivity index is 1.76. The minimum absolute atomic E-state index is 0.150. The molecule has 2 aliphatic rings. The topological polar surface area (TPSA) is 58.8 Å². The first-order valence-electron chi connectivity index (χ1n) is 8.74. The number of ether oxygens (including phenoxy) is 1. The lowest BCUT2D eigenvalue weighted by molar-refractivity contribution is -0.00238. The van der Waals surface area contributed by atoms with Crippen LogP contribution in [0.5, 0.6) is 0 Å². The van der Waals surface area contributed by atoms with Crippen LogP contribution in [-0.2, 0) is 4.74 Å². The molecule has 0 aliphatic carbocycles. The molecule has 0 aromatic carbocycles. The number of hydrogen-bond donors (Lipinski definition) is 1. The number of nitrogens with zero attached hydrogens (tertiary/aromatic N) is 2. The average Bonchev–Trinajstić information content (AvgIpc) is 2.46. The van der Waals surface area contributed by atoms with Gasteiger partial charge >= 0.3 is 6.09 Å². The van der Waals surface area contributed by atoms with Crippen molar-refractivity contribution >= 4 is 6.09 Å². The molecule has 0 aromatic rings. The molecule has 1 spiro atoms. The Hall–Kier alpha value is -0.810. The molecule has 0 saturated carbocycles. The molecule has 0 unspecified atom stereocenters. The summed E-state index contributed by atoms with van der Waals surface area (Å²) < 4.78 is 5.48. The number of nitrogens with two attached hydrogens (primary N) is 1. The second-order valence-electron chi connectivity index (χ2n) is 7.95. The van der Waals surface area contributed by atoms with Gasteiger partial charge in [-0.25, -0.2) is 4.79 Å². The summed E-state index contributed by atoms with van der Waals surface area (Å²) in [7, 11) is 0. The Morgan fingerprint density at radius 1 is 1.09 bits per heavy atom. The third-order valence-electron chi connectivity index (χ3n) is 5.07. The molecule has 128 valence electrons. The van der Waals surface area contributed by atoms with Gasteiger partial charge in [-0.05, 0) is 84.5 Å². The van der Waals surface area contributed by atoms with Gasteiger partial charge in [0.25, 0.3) is 0 Å². The number of piperidine rings is 2. The van der Waals surface area contributed by atoms with E-state index >= 15 is 0 Å². The Bertz CT molecular complexity index is 361. The van der Waals surface area contributed by atoms with E-state index in [1.165, 1.54) is 25.9 Å². The molecule has 2 rings (SSSR count). The minimum atomic E-state index is -0.402. The summed E-state index contributed by atoms with van der Waals surface area (Å²) in [6.45, 7) is 11.8. The first-order valence-corrected chi connectivity index (χ1v) is 8.74. The maximum absolute atomic E-state index is 12.1. The summed E-state index contributed by atoms with van der Waals surface area (Å²) in [6.07, 6.45) is 5.72. The first kappa shape index (κ1) is 17.5. The van der Waals surface area contributed by atoms with Crippen molar-refractivity contribution in [1.82, 2.24) is 9.80 Å². The zero-order chi connectivity index (χ0) is 16.2. The summed E-state index contributed by atoms with van der Waals surface area (Å²) >= 11 is 0. The van der Waals surface area contributed by atoms with Gasteiger partial charge < -0.3 is 20.3 Å². The maximum atomic E-state index is 12.1. The Labute approximate surface area is 135 Å². The molecule has 2 fully saturated rings. The summed E-state index contributed by atoms with van der Waals surface area (Å²) in [4.78, 5) is 16.6. The third kappa shape index (κ3) is 4.85. The molecule has 2 saturated heterocycles. The van der Waals surface area contributed by atoms with Crippen LogP contribution >= 0.6 is 0 Å². The summed E-state index contributed by atoms with van der Waals surface area (Å²) in [5, 5.41) is 0. The van der Waals surface area contributed by atoms with Crippen LogP contribution in [0.1, 0.15) is 52.9 Å². The fraction of sp³-hybridized carbons (Fsp3) is 0.941. The molecular formula is C17H33N3O2. The Morgan fingerprint density at radius 2 is 1.64 bits per heavy atom. The van der Waals surface area contributed by atoms with Crippen molar-refractivity contribution < 1.29 is 9.53 Å². The van der Waals surface area contributed by atoms with E-state index in [0.717, 1.165) is 45.4 Å². The van der Waals surface area contributed by atoms with Gasteiger partial charge in [-0.2, -0.15) is 0 Å². The predicted molar refractivity (Wildman–Crippen MR) is 88.8 cm³/mol. The highest BCUT2D eigenvalue weighted by molar-refractivity contribution is 5.68. The van der Waals surface area contributed by atoms with Crippen molar-refractivity contribution in [1.29, 1.82) is 0 Å². The molecule has 2 aliphatic heterocycles. The van der Waals surface area contributed by atoms with Crippen molar-refractivity contribution in [3.63, 3.8) is 0 Å². The van der Waals surface area contributed by atoms with Gasteiger partial charge in [0.2, 0.25) is 0 Å². The van der Waals surface area contributed by atoms with Crippen LogP contribution in [-0.4, -0.2) is 60.8 Å². The second kappa shape index (κ2) is 7.18. The molecule has 5 heteroatoms. The monoisotopic (exact) mass is 311 g/mol. The van der Waals surface area contributed by atoms with Crippen molar-refractivity contribution in [2.45, 2.75) is 58.5 Å². The van der Waals surface area contributed by atoms with Gasteiger partial charge in [0.05, 0.1) is 0 Å². The number of rotatable bonds is 3. The van der Waals surface area contributed by atoms with Crippen molar-refractivity contribution in [3.8, 4) is 0 Å². The zero-order valence-corrected chi connectivity index (χ0v) is 14.6. The van der Waals surface area contributed by atoms with Gasteiger partial charge in [0.15, 0.2) is 0 Å². The smallest absolute Gasteiger partial charge is 0.410 e. The lowest BCUT2D eigenvalue weighted by Crippen LogP contribution is -2.49. The van der Waals surface area contributed by atoms with E-state index in [1.807, 2.05) is 25.7 Å². The van der Waals surface area contributed by atoms with E-state index in [1.54, 1.807) is 0 Å². The molecule has 0 atom stereocenters. The van der Waals surface area contributed by atoms with E-state index in [2.05, 4.69) is 4.90 Å². The van der Waals surface area contributed by atoms with E-state index in [0.29, 0.717) is 5.41 Å².